The third-order valence-corrected chi connectivity index (χ3v) is 5.10. The quantitative estimate of drug-likeness (QED) is 0.760. The Balaban J connectivity index is 1.76. The van der Waals surface area contributed by atoms with E-state index in [0.29, 0.717) is 15.5 Å². The van der Waals surface area contributed by atoms with Gasteiger partial charge in [-0.3, -0.25) is 4.79 Å². The molecule has 1 aliphatic carbocycles. The largest absolute Gasteiger partial charge is 0.476 e. The van der Waals surface area contributed by atoms with Crippen LogP contribution in [0.2, 0.25) is 0 Å². The SMILES string of the molecule is O=C(O)c1nn(-c2ccccc2)c2nc(NC(=O)C3CCC3)sc12. The van der Waals surface area contributed by atoms with Crippen LogP contribution in [0.5, 0.6) is 0 Å². The summed E-state index contributed by atoms with van der Waals surface area (Å²) in [5.74, 6) is -1.12. The second kappa shape index (κ2) is 5.72. The van der Waals surface area contributed by atoms with Gasteiger partial charge in [-0.15, -0.1) is 0 Å². The fraction of sp³-hybridized carbons (Fsp3) is 0.250. The van der Waals surface area contributed by atoms with Crippen LogP contribution in [-0.4, -0.2) is 31.7 Å². The second-order valence-electron chi connectivity index (χ2n) is 5.69. The number of aromatic nitrogens is 3. The zero-order valence-electron chi connectivity index (χ0n) is 12.6. The van der Waals surface area contributed by atoms with Crippen molar-refractivity contribution in [2.24, 2.45) is 5.92 Å². The Morgan fingerprint density at radius 3 is 2.62 bits per heavy atom. The average molecular weight is 342 g/mol. The summed E-state index contributed by atoms with van der Waals surface area (Å²) in [6, 6.07) is 9.20. The molecule has 2 N–H and O–H groups in total. The van der Waals surface area contributed by atoms with Crippen molar-refractivity contribution in [3.8, 4) is 5.69 Å². The highest BCUT2D eigenvalue weighted by molar-refractivity contribution is 7.22. The summed E-state index contributed by atoms with van der Waals surface area (Å²) in [5, 5.41) is 16.7. The lowest BCUT2D eigenvalue weighted by atomic mass is 9.85. The second-order valence-corrected chi connectivity index (χ2v) is 6.69. The Labute approximate surface area is 140 Å². The van der Waals surface area contributed by atoms with Crippen LogP contribution in [0.4, 0.5) is 5.13 Å². The normalized spacial score (nSPS) is 14.5. The summed E-state index contributed by atoms with van der Waals surface area (Å²) in [4.78, 5) is 28.0. The van der Waals surface area contributed by atoms with Crippen LogP contribution in [-0.2, 0) is 4.79 Å². The van der Waals surface area contributed by atoms with Gasteiger partial charge in [0.05, 0.1) is 5.69 Å². The Morgan fingerprint density at radius 2 is 2.00 bits per heavy atom. The van der Waals surface area contributed by atoms with Crippen LogP contribution in [0.3, 0.4) is 0 Å². The Kier molecular flexibility index (Phi) is 3.53. The standard InChI is InChI=1S/C16H14N4O3S/c21-14(9-5-4-6-9)18-16-17-13-12(24-16)11(15(22)23)19-20(13)10-7-2-1-3-8-10/h1-3,7-9H,4-6H2,(H,22,23)(H,17,18,21). The number of hydrogen-bond donors (Lipinski definition) is 2. The molecule has 24 heavy (non-hydrogen) atoms. The molecule has 1 saturated carbocycles. The van der Waals surface area contributed by atoms with E-state index in [9.17, 15) is 14.7 Å². The molecule has 7 nitrogen and oxygen atoms in total. The molecule has 0 radical (unpaired) electrons. The summed E-state index contributed by atoms with van der Waals surface area (Å²) < 4.78 is 1.95. The smallest absolute Gasteiger partial charge is 0.358 e. The van der Waals surface area contributed by atoms with Gasteiger partial charge in [0.1, 0.15) is 4.70 Å². The molecule has 0 bridgehead atoms. The molecule has 2 aromatic heterocycles. The topological polar surface area (TPSA) is 97.1 Å². The Morgan fingerprint density at radius 1 is 1.25 bits per heavy atom. The number of aromatic carboxylic acids is 1. The number of carboxylic acid groups (broad SMARTS) is 1. The molecule has 3 aromatic rings. The number of rotatable bonds is 4. The molecule has 0 saturated heterocycles. The average Bonchev–Trinajstić information content (AvgIpc) is 3.04. The predicted molar refractivity (Wildman–Crippen MR) is 89.7 cm³/mol. The molecule has 1 aromatic carbocycles. The highest BCUT2D eigenvalue weighted by Gasteiger charge is 2.27. The maximum Gasteiger partial charge on any atom is 0.358 e. The minimum atomic E-state index is -1.12. The molecule has 2 heterocycles. The number of carbonyl (C=O) groups is 2. The molecule has 0 spiro atoms. The maximum absolute atomic E-state index is 12.1. The number of anilines is 1. The third kappa shape index (κ3) is 2.44. The Bertz CT molecular complexity index is 928. The molecular formula is C16H14N4O3S. The maximum atomic E-state index is 12.1. The van der Waals surface area contributed by atoms with Crippen molar-refractivity contribution in [2.75, 3.05) is 5.32 Å². The van der Waals surface area contributed by atoms with Crippen molar-refractivity contribution >= 4 is 38.7 Å². The highest BCUT2D eigenvalue weighted by atomic mass is 32.1. The van der Waals surface area contributed by atoms with E-state index in [4.69, 9.17) is 0 Å². The number of fused-ring (bicyclic) bond motifs is 1. The fourth-order valence-corrected chi connectivity index (χ4v) is 3.55. The number of para-hydroxylation sites is 1. The first-order valence-electron chi connectivity index (χ1n) is 7.62. The van der Waals surface area contributed by atoms with Crippen LogP contribution in [0.25, 0.3) is 16.0 Å². The van der Waals surface area contributed by atoms with Crippen molar-refractivity contribution in [2.45, 2.75) is 19.3 Å². The van der Waals surface area contributed by atoms with Crippen LogP contribution < -0.4 is 5.32 Å². The van der Waals surface area contributed by atoms with Crippen LogP contribution in [0.15, 0.2) is 30.3 Å². The molecule has 0 unspecified atom stereocenters. The van der Waals surface area contributed by atoms with Gasteiger partial charge in [0.25, 0.3) is 0 Å². The van der Waals surface area contributed by atoms with Crippen LogP contribution >= 0.6 is 11.3 Å². The van der Waals surface area contributed by atoms with E-state index in [1.165, 1.54) is 4.68 Å². The van der Waals surface area contributed by atoms with Crippen LogP contribution in [0.1, 0.15) is 29.8 Å². The number of thiazole rings is 1. The first-order valence-corrected chi connectivity index (χ1v) is 8.44. The molecule has 8 heteroatoms. The van der Waals surface area contributed by atoms with E-state index in [1.54, 1.807) is 0 Å². The monoisotopic (exact) mass is 342 g/mol. The van der Waals surface area contributed by atoms with Gasteiger partial charge in [-0.1, -0.05) is 36.0 Å². The number of hydrogen-bond acceptors (Lipinski definition) is 5. The van der Waals surface area contributed by atoms with E-state index in [2.05, 4.69) is 15.4 Å². The summed E-state index contributed by atoms with van der Waals surface area (Å²) in [7, 11) is 0. The minimum Gasteiger partial charge on any atom is -0.476 e. The van der Waals surface area contributed by atoms with Gasteiger partial charge in [0.15, 0.2) is 16.5 Å². The van der Waals surface area contributed by atoms with Crippen molar-refractivity contribution in [1.29, 1.82) is 0 Å². The molecule has 1 aliphatic rings. The van der Waals surface area contributed by atoms with Gasteiger partial charge >= 0.3 is 5.97 Å². The minimum absolute atomic E-state index is 0.0431. The summed E-state index contributed by atoms with van der Waals surface area (Å²) in [6.07, 6.45) is 2.87. The lowest BCUT2D eigenvalue weighted by Crippen LogP contribution is -2.27. The molecule has 1 fully saturated rings. The van der Waals surface area contributed by atoms with E-state index in [0.717, 1.165) is 36.3 Å². The fourth-order valence-electron chi connectivity index (χ4n) is 2.62. The first kappa shape index (κ1) is 14.8. The third-order valence-electron chi connectivity index (χ3n) is 4.13. The van der Waals surface area contributed by atoms with Crippen molar-refractivity contribution in [1.82, 2.24) is 14.8 Å². The molecule has 0 atom stereocenters. The molecular weight excluding hydrogens is 328 g/mol. The van der Waals surface area contributed by atoms with Gasteiger partial charge < -0.3 is 10.4 Å². The Hall–Kier alpha value is -2.74. The summed E-state index contributed by atoms with van der Waals surface area (Å²) in [5.41, 5.74) is 1.10. The first-order chi connectivity index (χ1) is 11.6. The predicted octanol–water partition coefficient (Wildman–Crippen LogP) is 2.92. The van der Waals surface area contributed by atoms with Crippen molar-refractivity contribution in [3.05, 3.63) is 36.0 Å². The number of nitrogens with one attached hydrogen (secondary N) is 1. The van der Waals surface area contributed by atoms with E-state index < -0.39 is 5.97 Å². The lowest BCUT2D eigenvalue weighted by Gasteiger charge is -2.23. The van der Waals surface area contributed by atoms with Crippen LogP contribution in [0, 0.1) is 5.92 Å². The van der Waals surface area contributed by atoms with Gasteiger partial charge in [-0.2, -0.15) is 10.1 Å². The van der Waals surface area contributed by atoms with E-state index in [-0.39, 0.29) is 17.5 Å². The zero-order valence-corrected chi connectivity index (χ0v) is 13.4. The number of carbonyl (C=O) groups excluding carboxylic acids is 1. The van der Waals surface area contributed by atoms with Gasteiger partial charge in [-0.05, 0) is 25.0 Å². The number of benzene rings is 1. The van der Waals surface area contributed by atoms with Crippen molar-refractivity contribution < 1.29 is 14.7 Å². The lowest BCUT2D eigenvalue weighted by molar-refractivity contribution is -0.122. The van der Waals surface area contributed by atoms with Gasteiger partial charge in [-0.25, -0.2) is 9.48 Å². The zero-order chi connectivity index (χ0) is 16.7. The molecule has 1 amide bonds. The molecule has 4 rings (SSSR count). The summed E-state index contributed by atoms with van der Waals surface area (Å²) in [6.45, 7) is 0. The van der Waals surface area contributed by atoms with Crippen molar-refractivity contribution in [3.63, 3.8) is 0 Å². The number of carboxylic acids is 1. The number of amides is 1. The summed E-state index contributed by atoms with van der Waals surface area (Å²) >= 11 is 1.14. The molecule has 122 valence electrons. The highest BCUT2D eigenvalue weighted by Crippen LogP contribution is 2.33. The van der Waals surface area contributed by atoms with Gasteiger partial charge in [0.2, 0.25) is 5.91 Å². The van der Waals surface area contributed by atoms with E-state index in [1.807, 2.05) is 30.3 Å². The molecule has 0 aliphatic heterocycles. The van der Waals surface area contributed by atoms with E-state index >= 15 is 0 Å². The van der Waals surface area contributed by atoms with Gasteiger partial charge in [0, 0.05) is 5.92 Å². The number of nitrogens with zero attached hydrogens (tertiary/aromatic N) is 3.